The van der Waals surface area contributed by atoms with Gasteiger partial charge in [0, 0.05) is 12.1 Å². The lowest BCUT2D eigenvalue weighted by atomic mass is 10.0. The Kier molecular flexibility index (Phi) is 4.90. The van der Waals surface area contributed by atoms with E-state index >= 15 is 0 Å². The fraction of sp³-hybridized carbons (Fsp3) is 0.400. The molecule has 21 heavy (non-hydrogen) atoms. The first-order valence-corrected chi connectivity index (χ1v) is 6.90. The van der Waals surface area contributed by atoms with Crippen LogP contribution < -0.4 is 10.1 Å². The number of aromatic nitrogens is 2. The number of nitrogens with one attached hydrogen (secondary N) is 1. The molecule has 2 rings (SSSR count). The molecule has 0 saturated heterocycles. The summed E-state index contributed by atoms with van der Waals surface area (Å²) in [6.07, 6.45) is 1.58. The number of ether oxygens (including phenoxy) is 1. The van der Waals surface area contributed by atoms with Crippen molar-refractivity contribution < 1.29 is 13.5 Å². The van der Waals surface area contributed by atoms with Gasteiger partial charge in [-0.05, 0) is 19.5 Å². The molecule has 1 aromatic carbocycles. The maximum absolute atomic E-state index is 14.2. The number of halogens is 2. The Morgan fingerprint density at radius 3 is 2.71 bits per heavy atom. The summed E-state index contributed by atoms with van der Waals surface area (Å²) in [5.41, 5.74) is 0.928. The highest BCUT2D eigenvalue weighted by Crippen LogP contribution is 2.31. The Bertz CT molecular complexity index is 591. The van der Waals surface area contributed by atoms with Crippen LogP contribution in [0.2, 0.25) is 0 Å². The summed E-state index contributed by atoms with van der Waals surface area (Å²) in [5, 5.41) is 7.39. The molecule has 0 aliphatic carbocycles. The van der Waals surface area contributed by atoms with Gasteiger partial charge in [0.15, 0.2) is 17.4 Å². The standard InChI is InChI=1S/C15H19F2N3O/c1-4-18-14(10-7-6-8-11(16)13(10)17)15-12(21-3)9-19-20(15)5-2/h6-9,14,18H,4-5H2,1-3H3. The molecule has 1 atom stereocenters. The van der Waals surface area contributed by atoms with Gasteiger partial charge in [0.1, 0.15) is 5.69 Å². The fourth-order valence-corrected chi connectivity index (χ4v) is 2.38. The zero-order chi connectivity index (χ0) is 15.4. The lowest BCUT2D eigenvalue weighted by molar-refractivity contribution is 0.396. The van der Waals surface area contributed by atoms with Crippen LogP contribution in [0.15, 0.2) is 24.4 Å². The maximum Gasteiger partial charge on any atom is 0.163 e. The van der Waals surface area contributed by atoms with Gasteiger partial charge in [-0.3, -0.25) is 4.68 Å². The first-order chi connectivity index (χ1) is 10.1. The van der Waals surface area contributed by atoms with Crippen LogP contribution in [0.25, 0.3) is 0 Å². The normalized spacial score (nSPS) is 12.4. The average Bonchev–Trinajstić information content (AvgIpc) is 2.90. The van der Waals surface area contributed by atoms with Crippen LogP contribution in [0.1, 0.15) is 31.1 Å². The van der Waals surface area contributed by atoms with E-state index in [2.05, 4.69) is 10.4 Å². The van der Waals surface area contributed by atoms with Crippen LogP contribution in [0.3, 0.4) is 0 Å². The van der Waals surface area contributed by atoms with E-state index in [1.165, 1.54) is 13.2 Å². The van der Waals surface area contributed by atoms with Gasteiger partial charge in [-0.15, -0.1) is 0 Å². The third-order valence-electron chi connectivity index (χ3n) is 3.34. The van der Waals surface area contributed by atoms with Crippen molar-refractivity contribution in [3.8, 4) is 5.75 Å². The molecule has 1 N–H and O–H groups in total. The monoisotopic (exact) mass is 295 g/mol. The Balaban J connectivity index is 2.58. The summed E-state index contributed by atoms with van der Waals surface area (Å²) in [7, 11) is 1.53. The van der Waals surface area contributed by atoms with Crippen LogP contribution in [0, 0.1) is 11.6 Å². The summed E-state index contributed by atoms with van der Waals surface area (Å²) in [5.74, 6) is -1.17. The highest BCUT2D eigenvalue weighted by molar-refractivity contribution is 5.37. The molecule has 114 valence electrons. The summed E-state index contributed by atoms with van der Waals surface area (Å²) in [6, 6.07) is 3.65. The van der Waals surface area contributed by atoms with Gasteiger partial charge in [0.25, 0.3) is 0 Å². The predicted molar refractivity (Wildman–Crippen MR) is 76.3 cm³/mol. The summed E-state index contributed by atoms with van der Waals surface area (Å²) in [4.78, 5) is 0. The number of hydrogen-bond donors (Lipinski definition) is 1. The van der Waals surface area contributed by atoms with E-state index in [1.54, 1.807) is 16.9 Å². The van der Waals surface area contributed by atoms with Crippen molar-refractivity contribution in [3.63, 3.8) is 0 Å². The first-order valence-electron chi connectivity index (χ1n) is 6.90. The van der Waals surface area contributed by atoms with E-state index in [9.17, 15) is 8.78 Å². The van der Waals surface area contributed by atoms with Crippen LogP contribution in [-0.2, 0) is 6.54 Å². The number of hydrogen-bond acceptors (Lipinski definition) is 3. The topological polar surface area (TPSA) is 39.1 Å². The molecule has 0 amide bonds. The maximum atomic E-state index is 14.2. The fourth-order valence-electron chi connectivity index (χ4n) is 2.38. The quantitative estimate of drug-likeness (QED) is 0.890. The van der Waals surface area contributed by atoms with Crippen molar-refractivity contribution in [2.45, 2.75) is 26.4 Å². The van der Waals surface area contributed by atoms with Crippen molar-refractivity contribution in [2.24, 2.45) is 0 Å². The largest absolute Gasteiger partial charge is 0.493 e. The molecule has 1 heterocycles. The van der Waals surface area contributed by atoms with Crippen molar-refractivity contribution in [1.82, 2.24) is 15.1 Å². The van der Waals surface area contributed by atoms with Gasteiger partial charge in [-0.25, -0.2) is 8.78 Å². The number of nitrogens with zero attached hydrogens (tertiary/aromatic N) is 2. The van der Waals surface area contributed by atoms with E-state index < -0.39 is 17.7 Å². The zero-order valence-electron chi connectivity index (χ0n) is 12.4. The highest BCUT2D eigenvalue weighted by Gasteiger charge is 2.26. The molecule has 0 spiro atoms. The number of benzene rings is 1. The lowest BCUT2D eigenvalue weighted by Crippen LogP contribution is -2.26. The second-order valence-electron chi connectivity index (χ2n) is 4.55. The third kappa shape index (κ3) is 2.90. The van der Waals surface area contributed by atoms with Gasteiger partial charge >= 0.3 is 0 Å². The number of methoxy groups -OCH3 is 1. The molecular formula is C15H19F2N3O. The van der Waals surface area contributed by atoms with Gasteiger partial charge in [0.05, 0.1) is 19.3 Å². The molecule has 0 aliphatic heterocycles. The zero-order valence-corrected chi connectivity index (χ0v) is 12.4. The molecule has 0 radical (unpaired) electrons. The van der Waals surface area contributed by atoms with Crippen molar-refractivity contribution in [2.75, 3.05) is 13.7 Å². The minimum absolute atomic E-state index is 0.241. The second kappa shape index (κ2) is 6.67. The van der Waals surface area contributed by atoms with Crippen LogP contribution in [0.5, 0.6) is 5.75 Å². The van der Waals surface area contributed by atoms with E-state index in [0.717, 1.165) is 6.07 Å². The van der Waals surface area contributed by atoms with Gasteiger partial charge in [0.2, 0.25) is 0 Å². The van der Waals surface area contributed by atoms with Gasteiger partial charge in [-0.2, -0.15) is 5.10 Å². The average molecular weight is 295 g/mol. The second-order valence-corrected chi connectivity index (χ2v) is 4.55. The Morgan fingerprint density at radius 1 is 1.33 bits per heavy atom. The molecular weight excluding hydrogens is 276 g/mol. The highest BCUT2D eigenvalue weighted by atomic mass is 19.2. The van der Waals surface area contributed by atoms with Crippen LogP contribution in [0.4, 0.5) is 8.78 Å². The molecule has 1 aromatic heterocycles. The van der Waals surface area contributed by atoms with Crippen molar-refractivity contribution >= 4 is 0 Å². The SMILES string of the molecule is CCNC(c1cccc(F)c1F)c1c(OC)cnn1CC. The number of rotatable bonds is 6. The van der Waals surface area contributed by atoms with E-state index in [4.69, 9.17) is 4.74 Å². The Labute approximate surface area is 122 Å². The molecule has 4 nitrogen and oxygen atoms in total. The third-order valence-corrected chi connectivity index (χ3v) is 3.34. The number of aryl methyl sites for hydroxylation is 1. The Hall–Kier alpha value is -1.95. The van der Waals surface area contributed by atoms with E-state index in [-0.39, 0.29) is 5.56 Å². The van der Waals surface area contributed by atoms with E-state index in [1.807, 2.05) is 13.8 Å². The molecule has 2 aromatic rings. The molecule has 1 unspecified atom stereocenters. The molecule has 0 bridgehead atoms. The van der Waals surface area contributed by atoms with Gasteiger partial charge < -0.3 is 10.1 Å². The minimum atomic E-state index is -0.864. The molecule has 0 saturated carbocycles. The molecule has 0 fully saturated rings. The lowest BCUT2D eigenvalue weighted by Gasteiger charge is -2.21. The van der Waals surface area contributed by atoms with Gasteiger partial charge in [-0.1, -0.05) is 19.1 Å². The summed E-state index contributed by atoms with van der Waals surface area (Å²) < 4.78 is 34.7. The minimum Gasteiger partial charge on any atom is -0.493 e. The predicted octanol–water partition coefficient (Wildman–Crippen LogP) is 2.89. The van der Waals surface area contributed by atoms with Crippen LogP contribution in [-0.4, -0.2) is 23.4 Å². The first kappa shape index (κ1) is 15.4. The van der Waals surface area contributed by atoms with Crippen molar-refractivity contribution in [1.29, 1.82) is 0 Å². The van der Waals surface area contributed by atoms with Crippen molar-refractivity contribution in [3.05, 3.63) is 47.3 Å². The Morgan fingerprint density at radius 2 is 2.10 bits per heavy atom. The molecule has 0 aliphatic rings. The summed E-state index contributed by atoms with van der Waals surface area (Å²) >= 11 is 0. The molecule has 6 heteroatoms. The summed E-state index contributed by atoms with van der Waals surface area (Å²) in [6.45, 7) is 5.04. The smallest absolute Gasteiger partial charge is 0.163 e. The van der Waals surface area contributed by atoms with E-state index in [0.29, 0.717) is 24.5 Å². The van der Waals surface area contributed by atoms with Crippen LogP contribution >= 0.6 is 0 Å².